The van der Waals surface area contributed by atoms with Gasteiger partial charge < -0.3 is 17.3 Å². The van der Waals surface area contributed by atoms with Crippen molar-refractivity contribution in [2.75, 3.05) is 0 Å². The van der Waals surface area contributed by atoms with E-state index in [9.17, 15) is 17.3 Å². The van der Waals surface area contributed by atoms with Crippen molar-refractivity contribution in [2.24, 2.45) is 0 Å². The molecule has 0 amide bonds. The van der Waals surface area contributed by atoms with Gasteiger partial charge in [-0.05, 0) is 19.8 Å². The van der Waals surface area contributed by atoms with Crippen LogP contribution in [0.2, 0.25) is 0 Å². The van der Waals surface area contributed by atoms with Gasteiger partial charge in [0.05, 0.1) is 11.4 Å². The van der Waals surface area contributed by atoms with E-state index in [0.717, 1.165) is 17.8 Å². The fourth-order valence-electron chi connectivity index (χ4n) is 1.03. The summed E-state index contributed by atoms with van der Waals surface area (Å²) in [7, 11) is -6.00. The Morgan fingerprint density at radius 1 is 1.12 bits per heavy atom. The molecule has 0 saturated carbocycles. The SMILES string of the molecule is CCCCc1nccnc1C.F[B-](F)(F)F. The third-order valence-electron chi connectivity index (χ3n) is 1.75. The smallest absolute Gasteiger partial charge is 0.418 e. The molecule has 0 N–H and O–H groups in total. The lowest BCUT2D eigenvalue weighted by Crippen LogP contribution is -2.02. The maximum Gasteiger partial charge on any atom is 0.673 e. The van der Waals surface area contributed by atoms with E-state index in [-0.39, 0.29) is 0 Å². The molecule has 0 unspecified atom stereocenters. The Morgan fingerprint density at radius 2 is 1.62 bits per heavy atom. The number of aromatic nitrogens is 2. The van der Waals surface area contributed by atoms with Crippen LogP contribution in [0.1, 0.15) is 31.2 Å². The molecule has 1 heterocycles. The predicted octanol–water partition coefficient (Wildman–Crippen LogP) is 3.43. The van der Waals surface area contributed by atoms with Crippen molar-refractivity contribution in [1.82, 2.24) is 9.97 Å². The molecule has 0 bridgehead atoms. The molecule has 1 aromatic heterocycles. The number of hydrogen-bond donors (Lipinski definition) is 0. The standard InChI is InChI=1S/C9H14N2.BF4/c1-3-4-5-9-8(2)10-6-7-11-9;2-1(3,4)5/h6-7H,3-5H2,1-2H3;/q;-1. The van der Waals surface area contributed by atoms with E-state index in [1.165, 1.54) is 12.8 Å². The fraction of sp³-hybridized carbons (Fsp3) is 0.556. The molecule has 0 aromatic carbocycles. The molecule has 7 heteroatoms. The lowest BCUT2D eigenvalue weighted by Gasteiger charge is -2.00. The second-order valence-corrected chi connectivity index (χ2v) is 3.19. The Kier molecular flexibility index (Phi) is 6.68. The minimum Gasteiger partial charge on any atom is -0.418 e. The molecule has 0 fully saturated rings. The summed E-state index contributed by atoms with van der Waals surface area (Å²) < 4.78 is 39.0. The molecule has 0 radical (unpaired) electrons. The van der Waals surface area contributed by atoms with Crippen molar-refractivity contribution in [3.63, 3.8) is 0 Å². The molecule has 0 atom stereocenters. The maximum absolute atomic E-state index is 9.75. The molecule has 0 aliphatic heterocycles. The average Bonchev–Trinajstić information content (AvgIpc) is 2.14. The predicted molar refractivity (Wildman–Crippen MR) is 55.6 cm³/mol. The van der Waals surface area contributed by atoms with Gasteiger partial charge in [-0.3, -0.25) is 9.97 Å². The van der Waals surface area contributed by atoms with Crippen molar-refractivity contribution in [2.45, 2.75) is 33.1 Å². The topological polar surface area (TPSA) is 25.8 Å². The number of halogens is 4. The molecule has 0 saturated heterocycles. The summed E-state index contributed by atoms with van der Waals surface area (Å²) in [4.78, 5) is 8.42. The van der Waals surface area contributed by atoms with Crippen LogP contribution >= 0.6 is 0 Å². The highest BCUT2D eigenvalue weighted by Gasteiger charge is 2.20. The van der Waals surface area contributed by atoms with E-state index in [0.29, 0.717) is 0 Å². The van der Waals surface area contributed by atoms with Gasteiger partial charge in [-0.1, -0.05) is 13.3 Å². The molecular weight excluding hydrogens is 223 g/mol. The van der Waals surface area contributed by atoms with Crippen LogP contribution in [0.5, 0.6) is 0 Å². The van der Waals surface area contributed by atoms with Gasteiger partial charge in [0.2, 0.25) is 0 Å². The van der Waals surface area contributed by atoms with Crippen LogP contribution in [-0.4, -0.2) is 17.2 Å². The first-order valence-corrected chi connectivity index (χ1v) is 4.98. The van der Waals surface area contributed by atoms with Crippen LogP contribution in [0.15, 0.2) is 12.4 Å². The quantitative estimate of drug-likeness (QED) is 0.594. The zero-order valence-corrected chi connectivity index (χ0v) is 9.26. The van der Waals surface area contributed by atoms with Crippen molar-refractivity contribution in [3.05, 3.63) is 23.8 Å². The Bertz CT molecular complexity index is 298. The van der Waals surface area contributed by atoms with Crippen LogP contribution in [0.25, 0.3) is 0 Å². The summed E-state index contributed by atoms with van der Waals surface area (Å²) in [6.45, 7) is 4.20. The Morgan fingerprint density at radius 3 is 2.06 bits per heavy atom. The number of unbranched alkanes of at least 4 members (excludes halogenated alkanes) is 1. The largest absolute Gasteiger partial charge is 0.673 e. The number of aryl methyl sites for hydroxylation is 2. The summed E-state index contributed by atoms with van der Waals surface area (Å²) in [5, 5.41) is 0. The lowest BCUT2D eigenvalue weighted by molar-refractivity contribution is 0.368. The minimum absolute atomic E-state index is 1.07. The van der Waals surface area contributed by atoms with E-state index in [4.69, 9.17) is 0 Å². The van der Waals surface area contributed by atoms with Gasteiger partial charge in [0.1, 0.15) is 0 Å². The summed E-state index contributed by atoms with van der Waals surface area (Å²) in [5.41, 5.74) is 2.22. The van der Waals surface area contributed by atoms with Crippen LogP contribution in [0.4, 0.5) is 17.3 Å². The Hall–Kier alpha value is -1.14. The normalized spacial score (nSPS) is 10.6. The van der Waals surface area contributed by atoms with E-state index in [2.05, 4.69) is 16.9 Å². The van der Waals surface area contributed by atoms with E-state index >= 15 is 0 Å². The van der Waals surface area contributed by atoms with Crippen LogP contribution in [-0.2, 0) is 6.42 Å². The van der Waals surface area contributed by atoms with Crippen LogP contribution in [0.3, 0.4) is 0 Å². The first kappa shape index (κ1) is 14.9. The number of rotatable bonds is 3. The van der Waals surface area contributed by atoms with Gasteiger partial charge in [-0.15, -0.1) is 0 Å². The van der Waals surface area contributed by atoms with E-state index in [1.54, 1.807) is 12.4 Å². The monoisotopic (exact) mass is 237 g/mol. The fourth-order valence-corrected chi connectivity index (χ4v) is 1.03. The summed E-state index contributed by atoms with van der Waals surface area (Å²) in [5.74, 6) is 0. The minimum atomic E-state index is -6.00. The molecule has 0 spiro atoms. The van der Waals surface area contributed by atoms with E-state index < -0.39 is 7.25 Å². The second kappa shape index (κ2) is 7.19. The molecular formula is C9H14BF4N2-. The Balaban J connectivity index is 0.000000385. The molecule has 1 aromatic rings. The third-order valence-corrected chi connectivity index (χ3v) is 1.75. The molecule has 0 aliphatic carbocycles. The van der Waals surface area contributed by atoms with Crippen LogP contribution < -0.4 is 0 Å². The van der Waals surface area contributed by atoms with Crippen molar-refractivity contribution in [3.8, 4) is 0 Å². The van der Waals surface area contributed by atoms with Crippen LogP contribution in [0, 0.1) is 6.92 Å². The van der Waals surface area contributed by atoms with Gasteiger partial charge in [-0.25, -0.2) is 0 Å². The maximum atomic E-state index is 9.75. The van der Waals surface area contributed by atoms with Gasteiger partial charge in [0, 0.05) is 12.4 Å². The van der Waals surface area contributed by atoms with Crippen molar-refractivity contribution < 1.29 is 17.3 Å². The molecule has 0 aliphatic rings. The number of hydrogen-bond acceptors (Lipinski definition) is 2. The highest BCUT2D eigenvalue weighted by Crippen LogP contribution is 2.06. The van der Waals surface area contributed by atoms with Gasteiger partial charge in [0.15, 0.2) is 0 Å². The highest BCUT2D eigenvalue weighted by molar-refractivity contribution is 6.50. The van der Waals surface area contributed by atoms with Gasteiger partial charge in [-0.2, -0.15) is 0 Å². The first-order chi connectivity index (χ1) is 7.34. The van der Waals surface area contributed by atoms with Crippen molar-refractivity contribution >= 4 is 7.25 Å². The van der Waals surface area contributed by atoms with Gasteiger partial charge >= 0.3 is 7.25 Å². The summed E-state index contributed by atoms with van der Waals surface area (Å²) in [6.07, 6.45) is 6.99. The first-order valence-electron chi connectivity index (χ1n) is 4.98. The zero-order valence-electron chi connectivity index (χ0n) is 9.26. The molecule has 1 rings (SSSR count). The molecule has 16 heavy (non-hydrogen) atoms. The van der Waals surface area contributed by atoms with Crippen molar-refractivity contribution in [1.29, 1.82) is 0 Å². The average molecular weight is 237 g/mol. The second-order valence-electron chi connectivity index (χ2n) is 3.19. The van der Waals surface area contributed by atoms with E-state index in [1.807, 2.05) is 6.92 Å². The van der Waals surface area contributed by atoms with Gasteiger partial charge in [0.25, 0.3) is 0 Å². The summed E-state index contributed by atoms with van der Waals surface area (Å²) >= 11 is 0. The molecule has 92 valence electrons. The lowest BCUT2D eigenvalue weighted by atomic mass is 10.2. The Labute approximate surface area is 92.2 Å². The molecule has 2 nitrogen and oxygen atoms in total. The number of nitrogens with zero attached hydrogens (tertiary/aromatic N) is 2. The highest BCUT2D eigenvalue weighted by atomic mass is 19.5. The summed E-state index contributed by atoms with van der Waals surface area (Å²) in [6, 6.07) is 0. The third kappa shape index (κ3) is 9.42. The zero-order chi connectivity index (χ0) is 12.6.